The Labute approximate surface area is 127 Å². The molecule has 4 nitrogen and oxygen atoms in total. The van der Waals surface area contributed by atoms with E-state index in [1.807, 2.05) is 37.3 Å². The molecule has 1 aromatic carbocycles. The molecule has 116 valence electrons. The molecular formula is C17H26N2O2. The molecule has 21 heavy (non-hydrogen) atoms. The minimum atomic E-state index is -0.0130. The molecule has 1 amide bonds. The molecule has 1 aliphatic rings. The van der Waals surface area contributed by atoms with Crippen LogP contribution in [0.25, 0.3) is 0 Å². The second-order valence-electron chi connectivity index (χ2n) is 5.96. The van der Waals surface area contributed by atoms with E-state index in [-0.39, 0.29) is 11.8 Å². The summed E-state index contributed by atoms with van der Waals surface area (Å²) in [4.78, 5) is 14.5. The molecule has 0 aromatic heterocycles. The molecule has 1 fully saturated rings. The highest BCUT2D eigenvalue weighted by molar-refractivity contribution is 5.78. The van der Waals surface area contributed by atoms with Gasteiger partial charge in [-0.25, -0.2) is 0 Å². The number of carbonyl (C=O) groups is 1. The third-order valence-corrected chi connectivity index (χ3v) is 3.98. The van der Waals surface area contributed by atoms with Gasteiger partial charge in [-0.2, -0.15) is 0 Å². The van der Waals surface area contributed by atoms with Crippen LogP contribution in [0, 0.1) is 5.92 Å². The van der Waals surface area contributed by atoms with E-state index in [1.54, 1.807) is 0 Å². The number of para-hydroxylation sites is 1. The third kappa shape index (κ3) is 5.38. The molecule has 1 aliphatic heterocycles. The number of hydrogen-bond donors (Lipinski definition) is 1. The Kier molecular flexibility index (Phi) is 6.05. The Balaban J connectivity index is 1.67. The number of carbonyl (C=O) groups excluding carboxylic acids is 1. The molecule has 1 heterocycles. The fraction of sp³-hybridized carbons (Fsp3) is 0.588. The first kappa shape index (κ1) is 15.8. The summed E-state index contributed by atoms with van der Waals surface area (Å²) >= 11 is 0. The maximum Gasteiger partial charge on any atom is 0.223 e. The van der Waals surface area contributed by atoms with Crippen molar-refractivity contribution in [2.45, 2.75) is 32.2 Å². The van der Waals surface area contributed by atoms with Crippen molar-refractivity contribution in [3.05, 3.63) is 30.3 Å². The molecule has 0 unspecified atom stereocenters. The van der Waals surface area contributed by atoms with Gasteiger partial charge in [0, 0.05) is 18.5 Å². The summed E-state index contributed by atoms with van der Waals surface area (Å²) in [7, 11) is 2.11. The van der Waals surface area contributed by atoms with Gasteiger partial charge in [-0.05, 0) is 45.0 Å². The number of nitrogens with zero attached hydrogens (tertiary/aromatic N) is 1. The lowest BCUT2D eigenvalue weighted by Crippen LogP contribution is -2.47. The highest BCUT2D eigenvalue weighted by Crippen LogP contribution is 2.12. The average molecular weight is 290 g/mol. The molecule has 2 atom stereocenters. The molecule has 2 rings (SSSR count). The van der Waals surface area contributed by atoms with Crippen molar-refractivity contribution >= 4 is 5.91 Å². The Morgan fingerprint density at radius 1 is 1.43 bits per heavy atom. The van der Waals surface area contributed by atoms with Gasteiger partial charge < -0.3 is 15.0 Å². The van der Waals surface area contributed by atoms with Crippen LogP contribution >= 0.6 is 0 Å². The number of likely N-dealkylation sites (tertiary alicyclic amines) is 1. The zero-order valence-corrected chi connectivity index (χ0v) is 13.0. The predicted molar refractivity (Wildman–Crippen MR) is 84.4 cm³/mol. The Morgan fingerprint density at radius 2 is 2.19 bits per heavy atom. The largest absolute Gasteiger partial charge is 0.494 e. The standard InChI is InChI=1S/C17H26N2O2/c1-14(10-12-21-16-8-4-3-5-9-16)17(20)18-15-7-6-11-19(2)13-15/h3-5,8-9,14-15H,6-7,10-13H2,1-2H3,(H,18,20)/t14-,15+/m0/s1. The Bertz CT molecular complexity index is 436. The van der Waals surface area contributed by atoms with Crippen LogP contribution in [-0.4, -0.2) is 43.6 Å². The first-order valence-electron chi connectivity index (χ1n) is 7.82. The molecule has 0 radical (unpaired) electrons. The quantitative estimate of drug-likeness (QED) is 0.874. The Hall–Kier alpha value is -1.55. The van der Waals surface area contributed by atoms with Gasteiger partial charge in [0.2, 0.25) is 5.91 Å². The van der Waals surface area contributed by atoms with Crippen LogP contribution < -0.4 is 10.1 Å². The van der Waals surface area contributed by atoms with Gasteiger partial charge in [-0.1, -0.05) is 25.1 Å². The first-order valence-corrected chi connectivity index (χ1v) is 7.82. The minimum Gasteiger partial charge on any atom is -0.494 e. The number of piperidine rings is 1. The van der Waals surface area contributed by atoms with Crippen LogP contribution in [0.3, 0.4) is 0 Å². The maximum atomic E-state index is 12.2. The van der Waals surface area contributed by atoms with E-state index in [2.05, 4.69) is 17.3 Å². The van der Waals surface area contributed by atoms with Crippen molar-refractivity contribution in [1.82, 2.24) is 10.2 Å². The second kappa shape index (κ2) is 8.03. The van der Waals surface area contributed by atoms with Gasteiger partial charge in [0.25, 0.3) is 0 Å². The molecule has 0 aliphatic carbocycles. The molecular weight excluding hydrogens is 264 g/mol. The second-order valence-corrected chi connectivity index (χ2v) is 5.96. The molecule has 1 saturated heterocycles. The molecule has 4 heteroatoms. The SMILES string of the molecule is C[C@@H](CCOc1ccccc1)C(=O)N[C@@H]1CCCN(C)C1. The average Bonchev–Trinajstić information content (AvgIpc) is 2.48. The molecule has 0 saturated carbocycles. The zero-order chi connectivity index (χ0) is 15.1. The number of likely N-dealkylation sites (N-methyl/N-ethyl adjacent to an activating group) is 1. The minimum absolute atomic E-state index is 0.0130. The van der Waals surface area contributed by atoms with Crippen LogP contribution in [0.5, 0.6) is 5.75 Å². The molecule has 1 N–H and O–H groups in total. The normalized spacial score (nSPS) is 20.8. The molecule has 0 spiro atoms. The van der Waals surface area contributed by atoms with Crippen LogP contribution in [0.1, 0.15) is 26.2 Å². The van der Waals surface area contributed by atoms with E-state index in [4.69, 9.17) is 4.74 Å². The number of ether oxygens (including phenoxy) is 1. The number of hydrogen-bond acceptors (Lipinski definition) is 3. The van der Waals surface area contributed by atoms with Crippen LogP contribution in [0.4, 0.5) is 0 Å². The van der Waals surface area contributed by atoms with Crippen molar-refractivity contribution in [3.8, 4) is 5.75 Å². The van der Waals surface area contributed by atoms with Crippen LogP contribution in [0.2, 0.25) is 0 Å². The topological polar surface area (TPSA) is 41.6 Å². The van der Waals surface area contributed by atoms with E-state index < -0.39 is 0 Å². The lowest BCUT2D eigenvalue weighted by Gasteiger charge is -2.31. The summed E-state index contributed by atoms with van der Waals surface area (Å²) in [6, 6.07) is 10.0. The number of rotatable bonds is 6. The smallest absolute Gasteiger partial charge is 0.223 e. The third-order valence-electron chi connectivity index (χ3n) is 3.98. The number of nitrogens with one attached hydrogen (secondary N) is 1. The van der Waals surface area contributed by atoms with E-state index >= 15 is 0 Å². The van der Waals surface area contributed by atoms with Crippen molar-refractivity contribution in [2.75, 3.05) is 26.7 Å². The zero-order valence-electron chi connectivity index (χ0n) is 13.0. The van der Waals surface area contributed by atoms with E-state index in [9.17, 15) is 4.79 Å². The van der Waals surface area contributed by atoms with Crippen LogP contribution in [-0.2, 0) is 4.79 Å². The number of amides is 1. The number of benzene rings is 1. The van der Waals surface area contributed by atoms with Gasteiger partial charge in [0.05, 0.1) is 6.61 Å². The van der Waals surface area contributed by atoms with Crippen LogP contribution in [0.15, 0.2) is 30.3 Å². The predicted octanol–water partition coefficient (Wildman–Crippen LogP) is 2.30. The first-order chi connectivity index (χ1) is 10.1. The van der Waals surface area contributed by atoms with E-state index in [0.717, 1.165) is 38.1 Å². The van der Waals surface area contributed by atoms with Gasteiger partial charge in [0.1, 0.15) is 5.75 Å². The van der Waals surface area contributed by atoms with E-state index in [0.29, 0.717) is 12.6 Å². The maximum absolute atomic E-state index is 12.2. The Morgan fingerprint density at radius 3 is 2.90 bits per heavy atom. The summed E-state index contributed by atoms with van der Waals surface area (Å²) in [6.45, 7) is 4.63. The van der Waals surface area contributed by atoms with Gasteiger partial charge >= 0.3 is 0 Å². The van der Waals surface area contributed by atoms with Crippen molar-refractivity contribution < 1.29 is 9.53 Å². The summed E-state index contributed by atoms with van der Waals surface area (Å²) < 4.78 is 5.65. The summed E-state index contributed by atoms with van der Waals surface area (Å²) in [5.41, 5.74) is 0. The fourth-order valence-electron chi connectivity index (χ4n) is 2.63. The monoisotopic (exact) mass is 290 g/mol. The van der Waals surface area contributed by atoms with Crippen molar-refractivity contribution in [3.63, 3.8) is 0 Å². The lowest BCUT2D eigenvalue weighted by atomic mass is 10.0. The fourth-order valence-corrected chi connectivity index (χ4v) is 2.63. The highest BCUT2D eigenvalue weighted by Gasteiger charge is 2.21. The van der Waals surface area contributed by atoms with Gasteiger partial charge in [0.15, 0.2) is 0 Å². The summed E-state index contributed by atoms with van der Waals surface area (Å²) in [5.74, 6) is 0.993. The van der Waals surface area contributed by atoms with Crippen molar-refractivity contribution in [2.24, 2.45) is 5.92 Å². The molecule has 1 aromatic rings. The molecule has 0 bridgehead atoms. The summed E-state index contributed by atoms with van der Waals surface area (Å²) in [5, 5.41) is 3.16. The van der Waals surface area contributed by atoms with Gasteiger partial charge in [-0.15, -0.1) is 0 Å². The summed E-state index contributed by atoms with van der Waals surface area (Å²) in [6.07, 6.45) is 2.99. The van der Waals surface area contributed by atoms with E-state index in [1.165, 1.54) is 0 Å². The highest BCUT2D eigenvalue weighted by atomic mass is 16.5. The lowest BCUT2D eigenvalue weighted by molar-refractivity contribution is -0.125. The van der Waals surface area contributed by atoms with Crippen molar-refractivity contribution in [1.29, 1.82) is 0 Å². The van der Waals surface area contributed by atoms with Gasteiger partial charge in [-0.3, -0.25) is 4.79 Å².